The first-order valence-electron chi connectivity index (χ1n) is 10.3. The molecule has 0 heterocycles. The van der Waals surface area contributed by atoms with Crippen LogP contribution in [0.3, 0.4) is 0 Å². The normalized spacial score (nSPS) is 18.3. The van der Waals surface area contributed by atoms with Gasteiger partial charge in [0.05, 0.1) is 4.90 Å². The van der Waals surface area contributed by atoms with E-state index in [2.05, 4.69) is 10.6 Å². The van der Waals surface area contributed by atoms with Crippen molar-refractivity contribution in [3.05, 3.63) is 82.5 Å². The monoisotopic (exact) mass is 561 g/mol. The third-order valence-corrected chi connectivity index (χ3v) is 7.40. The minimum atomic E-state index is -4.88. The van der Waals surface area contributed by atoms with Crippen molar-refractivity contribution in [2.75, 3.05) is 0 Å². The molecule has 2 aromatic carbocycles. The summed E-state index contributed by atoms with van der Waals surface area (Å²) in [7, 11) is -4.01. The fraction of sp³-hybridized carbons (Fsp3) is 0.217. The van der Waals surface area contributed by atoms with Crippen LogP contribution in [-0.2, 0) is 21.4 Å². The maximum atomic E-state index is 14.1. The van der Waals surface area contributed by atoms with Crippen molar-refractivity contribution < 1.29 is 31.2 Å². The van der Waals surface area contributed by atoms with Crippen molar-refractivity contribution in [3.63, 3.8) is 0 Å². The number of hydrogen-bond acceptors (Lipinski definition) is 4. The first-order chi connectivity index (χ1) is 16.7. The Hall–Kier alpha value is -3.02. The number of alkyl halides is 4. The van der Waals surface area contributed by atoms with Crippen molar-refractivity contribution >= 4 is 50.7 Å². The molecule has 0 aliphatic heterocycles. The molecule has 1 atom stereocenters. The van der Waals surface area contributed by atoms with Crippen LogP contribution in [-0.4, -0.2) is 31.4 Å². The Kier molecular flexibility index (Phi) is 8.07. The maximum Gasteiger partial charge on any atom is 0.412 e. The number of halogens is 5. The summed E-state index contributed by atoms with van der Waals surface area (Å²) in [6.07, 6.45) is -4.42. The summed E-state index contributed by atoms with van der Waals surface area (Å²) in [5, 5.41) is 4.55. The van der Waals surface area contributed by atoms with E-state index in [1.165, 1.54) is 42.5 Å². The third kappa shape index (κ3) is 6.21. The summed E-state index contributed by atoms with van der Waals surface area (Å²) in [5.41, 5.74) is 0.259. The molecule has 1 unspecified atom stereocenters. The Labute approximate surface area is 215 Å². The molecule has 1 aliphatic carbocycles. The van der Waals surface area contributed by atoms with E-state index in [4.69, 9.17) is 23.2 Å². The van der Waals surface area contributed by atoms with E-state index < -0.39 is 39.4 Å². The predicted molar refractivity (Wildman–Crippen MR) is 129 cm³/mol. The van der Waals surface area contributed by atoms with E-state index in [9.17, 15) is 31.2 Å². The fourth-order valence-electron chi connectivity index (χ4n) is 3.52. The van der Waals surface area contributed by atoms with Crippen molar-refractivity contribution in [2.24, 2.45) is 0 Å². The molecule has 0 saturated carbocycles. The summed E-state index contributed by atoms with van der Waals surface area (Å²) >= 11 is 12.3. The number of amides is 3. The molecule has 0 radical (unpaired) electrons. The Morgan fingerprint density at radius 2 is 1.67 bits per heavy atom. The number of carbonyl (C=O) groups is 2. The van der Waals surface area contributed by atoms with Crippen LogP contribution >= 0.6 is 23.2 Å². The van der Waals surface area contributed by atoms with E-state index in [1.807, 2.05) is 4.72 Å². The van der Waals surface area contributed by atoms with E-state index >= 15 is 0 Å². The number of nitrogens with one attached hydrogen (secondary N) is 3. The summed E-state index contributed by atoms with van der Waals surface area (Å²) < 4.78 is 68.0. The zero-order valence-corrected chi connectivity index (χ0v) is 20.9. The highest BCUT2D eigenvalue weighted by molar-refractivity contribution is 7.90. The molecule has 0 spiro atoms. The maximum absolute atomic E-state index is 14.1. The zero-order valence-electron chi connectivity index (χ0n) is 18.6. The van der Waals surface area contributed by atoms with Crippen LogP contribution in [0.15, 0.2) is 76.3 Å². The number of hydrogen-bond donors (Lipinski definition) is 3. The van der Waals surface area contributed by atoms with Gasteiger partial charge in [-0.05, 0) is 29.3 Å². The Balaban J connectivity index is 1.73. The van der Waals surface area contributed by atoms with Crippen LogP contribution in [0.4, 0.5) is 18.0 Å². The van der Waals surface area contributed by atoms with E-state index in [0.29, 0.717) is 5.56 Å². The molecule has 0 aromatic heterocycles. The van der Waals surface area contributed by atoms with Gasteiger partial charge in [0.2, 0.25) is 5.91 Å². The largest absolute Gasteiger partial charge is 0.412 e. The number of urea groups is 1. The van der Waals surface area contributed by atoms with Gasteiger partial charge in [-0.2, -0.15) is 13.2 Å². The molecule has 1 aliphatic rings. The lowest BCUT2D eigenvalue weighted by molar-refractivity contribution is -0.147. The van der Waals surface area contributed by atoms with Gasteiger partial charge in [0.25, 0.3) is 10.0 Å². The number of rotatable bonds is 6. The lowest BCUT2D eigenvalue weighted by atomic mass is 9.83. The quantitative estimate of drug-likeness (QED) is 0.441. The van der Waals surface area contributed by atoms with Crippen molar-refractivity contribution in [2.45, 2.75) is 35.8 Å². The van der Waals surface area contributed by atoms with E-state index in [-0.39, 0.29) is 33.3 Å². The average molecular weight is 562 g/mol. The SMILES string of the molecule is CC(=O)NS(=O)(=O)c1ccc(CNC(=O)NC2=CC(Cl)=C(c3ccccc3)C(Cl)(C(F)(F)F)C2)cc1. The number of carbonyl (C=O) groups excluding carboxylic acids is 2. The minimum absolute atomic E-state index is 0.0658. The second kappa shape index (κ2) is 10.5. The van der Waals surface area contributed by atoms with E-state index in [1.54, 1.807) is 18.2 Å². The molecular weight excluding hydrogens is 542 g/mol. The summed E-state index contributed by atoms with van der Waals surface area (Å²) in [4.78, 5) is 20.4. The molecule has 3 amide bonds. The second-order valence-electron chi connectivity index (χ2n) is 7.85. The zero-order chi connectivity index (χ0) is 26.7. The van der Waals surface area contributed by atoms with Gasteiger partial charge in [0.1, 0.15) is 0 Å². The number of allylic oxidation sites excluding steroid dienone is 4. The Morgan fingerprint density at radius 3 is 2.22 bits per heavy atom. The predicted octanol–water partition coefficient (Wildman–Crippen LogP) is 4.79. The smallest absolute Gasteiger partial charge is 0.334 e. The highest BCUT2D eigenvalue weighted by Crippen LogP contribution is 2.53. The van der Waals surface area contributed by atoms with Crippen LogP contribution < -0.4 is 15.4 Å². The van der Waals surface area contributed by atoms with Crippen LogP contribution in [0.2, 0.25) is 0 Å². The van der Waals surface area contributed by atoms with E-state index in [0.717, 1.165) is 6.92 Å². The molecule has 0 fully saturated rings. The average Bonchev–Trinajstić information content (AvgIpc) is 2.77. The summed E-state index contributed by atoms with van der Waals surface area (Å²) in [6, 6.07) is 12.2. The van der Waals surface area contributed by atoms with Gasteiger partial charge in [-0.1, -0.05) is 54.1 Å². The molecule has 13 heteroatoms. The van der Waals surface area contributed by atoms with Gasteiger partial charge < -0.3 is 10.6 Å². The molecule has 36 heavy (non-hydrogen) atoms. The molecular formula is C23H20Cl2F3N3O4S. The number of sulfonamides is 1. The van der Waals surface area contributed by atoms with Crippen molar-refractivity contribution in [1.82, 2.24) is 15.4 Å². The number of benzene rings is 2. The van der Waals surface area contributed by atoms with Crippen LogP contribution in [0.5, 0.6) is 0 Å². The molecule has 2 aromatic rings. The van der Waals surface area contributed by atoms with Gasteiger partial charge in [-0.3, -0.25) is 4.79 Å². The summed E-state index contributed by atoms with van der Waals surface area (Å²) in [6.45, 7) is 0.994. The van der Waals surface area contributed by atoms with Crippen LogP contribution in [0.25, 0.3) is 5.57 Å². The van der Waals surface area contributed by atoms with Gasteiger partial charge in [-0.25, -0.2) is 17.9 Å². The van der Waals surface area contributed by atoms with Gasteiger partial charge in [-0.15, -0.1) is 11.6 Å². The molecule has 192 valence electrons. The molecule has 7 nitrogen and oxygen atoms in total. The Morgan fingerprint density at radius 1 is 1.06 bits per heavy atom. The summed E-state index contributed by atoms with van der Waals surface area (Å²) in [5.74, 6) is -0.744. The lowest BCUT2D eigenvalue weighted by Crippen LogP contribution is -2.46. The first kappa shape index (κ1) is 27.6. The van der Waals surface area contributed by atoms with Crippen LogP contribution in [0, 0.1) is 0 Å². The van der Waals surface area contributed by atoms with Gasteiger partial charge in [0.15, 0.2) is 4.87 Å². The molecule has 0 bridgehead atoms. The fourth-order valence-corrected chi connectivity index (χ4v) is 5.31. The molecule has 0 saturated heterocycles. The Bertz CT molecular complexity index is 1330. The topological polar surface area (TPSA) is 104 Å². The highest BCUT2D eigenvalue weighted by atomic mass is 35.5. The van der Waals surface area contributed by atoms with Gasteiger partial charge in [0, 0.05) is 36.2 Å². The lowest BCUT2D eigenvalue weighted by Gasteiger charge is -2.36. The third-order valence-electron chi connectivity index (χ3n) is 5.12. The van der Waals surface area contributed by atoms with Crippen molar-refractivity contribution in [3.8, 4) is 0 Å². The first-order valence-corrected chi connectivity index (χ1v) is 12.6. The molecule has 3 rings (SSSR count). The van der Waals surface area contributed by atoms with Crippen molar-refractivity contribution in [1.29, 1.82) is 0 Å². The standard InChI is InChI=1S/C23H20Cl2F3N3O4S/c1-14(32)31-36(34,35)18-9-7-15(8-10-18)13-29-21(33)30-17-11-19(24)20(16-5-3-2-4-6-16)22(25,12-17)23(26,27)28/h2-11H,12-13H2,1H3,(H,31,32)(H2,29,30,33). The second-order valence-corrected chi connectivity index (χ2v) is 10.6. The highest BCUT2D eigenvalue weighted by Gasteiger charge is 2.58. The van der Waals surface area contributed by atoms with Crippen LogP contribution in [0.1, 0.15) is 24.5 Å². The molecule has 3 N–H and O–H groups in total. The minimum Gasteiger partial charge on any atom is -0.334 e. The van der Waals surface area contributed by atoms with Gasteiger partial charge >= 0.3 is 12.2 Å².